The summed E-state index contributed by atoms with van der Waals surface area (Å²) in [6, 6.07) is 7.08. The molecule has 0 bridgehead atoms. The molecule has 0 amide bonds. The highest BCUT2D eigenvalue weighted by atomic mass is 35.7. The lowest BCUT2D eigenvalue weighted by Crippen LogP contribution is -2.24. The molecule has 0 aliphatic heterocycles. The number of ether oxygens (including phenoxy) is 1. The van der Waals surface area contributed by atoms with E-state index in [9.17, 15) is 8.42 Å². The molecule has 2 rings (SSSR count). The molecular weight excluding hydrogens is 248 g/mol. The SMILES string of the molecule is O=S(=O)(Cl)Cc1cccc(OC2CCC2)c1. The van der Waals surface area contributed by atoms with Gasteiger partial charge in [-0.05, 0) is 37.0 Å². The minimum atomic E-state index is -3.50. The van der Waals surface area contributed by atoms with Gasteiger partial charge in [-0.15, -0.1) is 0 Å². The van der Waals surface area contributed by atoms with E-state index in [-0.39, 0.29) is 5.75 Å². The summed E-state index contributed by atoms with van der Waals surface area (Å²) in [5, 5.41) is 0. The van der Waals surface area contributed by atoms with Gasteiger partial charge in [0, 0.05) is 10.7 Å². The molecule has 1 aromatic rings. The Balaban J connectivity index is 2.06. The molecule has 0 heterocycles. The molecule has 0 unspecified atom stereocenters. The summed E-state index contributed by atoms with van der Waals surface area (Å²) in [4.78, 5) is 0. The van der Waals surface area contributed by atoms with Crippen molar-refractivity contribution in [3.63, 3.8) is 0 Å². The second-order valence-electron chi connectivity index (χ2n) is 4.00. The molecule has 0 aromatic heterocycles. The highest BCUT2D eigenvalue weighted by Gasteiger charge is 2.19. The Kier molecular flexibility index (Phi) is 3.40. The van der Waals surface area contributed by atoms with Gasteiger partial charge in [-0.3, -0.25) is 0 Å². The molecule has 88 valence electrons. The average Bonchev–Trinajstić information content (AvgIpc) is 2.09. The third-order valence-corrected chi connectivity index (χ3v) is 3.60. The molecule has 1 aliphatic carbocycles. The number of hydrogen-bond acceptors (Lipinski definition) is 3. The van der Waals surface area contributed by atoms with Crippen molar-refractivity contribution < 1.29 is 13.2 Å². The molecule has 16 heavy (non-hydrogen) atoms. The van der Waals surface area contributed by atoms with Crippen molar-refractivity contribution in [1.29, 1.82) is 0 Å². The molecule has 0 spiro atoms. The van der Waals surface area contributed by atoms with Crippen molar-refractivity contribution in [2.45, 2.75) is 31.1 Å². The fraction of sp³-hybridized carbons (Fsp3) is 0.455. The van der Waals surface area contributed by atoms with Crippen molar-refractivity contribution in [3.05, 3.63) is 29.8 Å². The lowest BCUT2D eigenvalue weighted by molar-refractivity contribution is 0.120. The summed E-state index contributed by atoms with van der Waals surface area (Å²) < 4.78 is 27.5. The first-order chi connectivity index (χ1) is 7.53. The summed E-state index contributed by atoms with van der Waals surface area (Å²) in [5.74, 6) is 0.568. The molecule has 3 nitrogen and oxygen atoms in total. The Bertz CT molecular complexity index is 466. The van der Waals surface area contributed by atoms with Gasteiger partial charge in [-0.25, -0.2) is 8.42 Å². The minimum Gasteiger partial charge on any atom is -0.490 e. The van der Waals surface area contributed by atoms with Crippen LogP contribution in [0.15, 0.2) is 24.3 Å². The van der Waals surface area contributed by atoms with E-state index < -0.39 is 9.05 Å². The molecule has 0 atom stereocenters. The van der Waals surface area contributed by atoms with E-state index in [1.54, 1.807) is 18.2 Å². The van der Waals surface area contributed by atoms with Crippen LogP contribution in [0.2, 0.25) is 0 Å². The Hall–Kier alpha value is -0.740. The maximum atomic E-state index is 10.9. The van der Waals surface area contributed by atoms with Crippen LogP contribution in [0.4, 0.5) is 0 Å². The van der Waals surface area contributed by atoms with E-state index in [2.05, 4.69) is 0 Å². The van der Waals surface area contributed by atoms with Crippen LogP contribution in [0, 0.1) is 0 Å². The van der Waals surface area contributed by atoms with E-state index in [1.807, 2.05) is 6.07 Å². The van der Waals surface area contributed by atoms with Crippen molar-refractivity contribution in [2.75, 3.05) is 0 Å². The molecule has 0 radical (unpaired) electrons. The normalized spacial score (nSPS) is 16.8. The zero-order valence-corrected chi connectivity index (χ0v) is 10.3. The topological polar surface area (TPSA) is 43.4 Å². The van der Waals surface area contributed by atoms with Crippen LogP contribution in [-0.4, -0.2) is 14.5 Å². The summed E-state index contributed by atoms with van der Waals surface area (Å²) in [6.07, 6.45) is 3.67. The van der Waals surface area contributed by atoms with Gasteiger partial charge >= 0.3 is 0 Å². The van der Waals surface area contributed by atoms with E-state index in [0.29, 0.717) is 11.7 Å². The van der Waals surface area contributed by atoms with Gasteiger partial charge < -0.3 is 4.74 Å². The summed E-state index contributed by atoms with van der Waals surface area (Å²) in [7, 11) is 1.70. The van der Waals surface area contributed by atoms with Gasteiger partial charge in [0.2, 0.25) is 9.05 Å². The molecular formula is C11H13ClO3S. The maximum Gasteiger partial charge on any atom is 0.236 e. The Labute approximate surface area is 99.8 Å². The van der Waals surface area contributed by atoms with Crippen LogP contribution in [-0.2, 0) is 14.8 Å². The third-order valence-electron chi connectivity index (χ3n) is 2.59. The summed E-state index contributed by atoms with van der Waals surface area (Å²) >= 11 is 0. The molecule has 1 saturated carbocycles. The van der Waals surface area contributed by atoms with Crippen molar-refractivity contribution >= 4 is 19.7 Å². The molecule has 0 saturated heterocycles. The third kappa shape index (κ3) is 3.39. The highest BCUT2D eigenvalue weighted by Crippen LogP contribution is 2.26. The van der Waals surface area contributed by atoms with Crippen LogP contribution >= 0.6 is 10.7 Å². The standard InChI is InChI=1S/C11H13ClO3S/c12-16(13,14)8-9-3-1-6-11(7-9)15-10-4-2-5-10/h1,3,6-7,10H,2,4-5,8H2. The number of rotatable bonds is 4. The van der Waals surface area contributed by atoms with Crippen molar-refractivity contribution in [3.8, 4) is 5.75 Å². The summed E-state index contributed by atoms with van der Waals surface area (Å²) in [6.45, 7) is 0. The monoisotopic (exact) mass is 260 g/mol. The Morgan fingerprint density at radius 1 is 1.38 bits per heavy atom. The van der Waals surface area contributed by atoms with E-state index in [0.717, 1.165) is 18.6 Å². The predicted octanol–water partition coefficient (Wildman–Crippen LogP) is 2.69. The zero-order valence-electron chi connectivity index (χ0n) is 8.73. The van der Waals surface area contributed by atoms with Gasteiger partial charge in [0.1, 0.15) is 5.75 Å². The van der Waals surface area contributed by atoms with Crippen LogP contribution in [0.25, 0.3) is 0 Å². The second kappa shape index (κ2) is 4.63. The molecule has 1 fully saturated rings. The van der Waals surface area contributed by atoms with Gasteiger partial charge in [0.25, 0.3) is 0 Å². The van der Waals surface area contributed by atoms with E-state index in [4.69, 9.17) is 15.4 Å². The minimum absolute atomic E-state index is 0.156. The van der Waals surface area contributed by atoms with E-state index >= 15 is 0 Å². The van der Waals surface area contributed by atoms with E-state index in [1.165, 1.54) is 6.42 Å². The second-order valence-corrected chi connectivity index (χ2v) is 6.78. The first-order valence-corrected chi connectivity index (χ1v) is 7.69. The number of hydrogen-bond donors (Lipinski definition) is 0. The van der Waals surface area contributed by atoms with Crippen LogP contribution in [0.3, 0.4) is 0 Å². The lowest BCUT2D eigenvalue weighted by atomic mass is 9.96. The summed E-state index contributed by atoms with van der Waals surface area (Å²) in [5.41, 5.74) is 0.659. The zero-order chi connectivity index (χ0) is 11.6. The number of halogens is 1. The molecule has 1 aromatic carbocycles. The first-order valence-electron chi connectivity index (χ1n) is 5.21. The van der Waals surface area contributed by atoms with Crippen LogP contribution in [0.1, 0.15) is 24.8 Å². The molecule has 0 N–H and O–H groups in total. The first kappa shape index (κ1) is 11.7. The van der Waals surface area contributed by atoms with Crippen molar-refractivity contribution in [2.24, 2.45) is 0 Å². The quantitative estimate of drug-likeness (QED) is 0.782. The van der Waals surface area contributed by atoms with Gasteiger partial charge in [-0.1, -0.05) is 12.1 Å². The highest BCUT2D eigenvalue weighted by molar-refractivity contribution is 8.13. The fourth-order valence-electron chi connectivity index (χ4n) is 1.59. The number of benzene rings is 1. The predicted molar refractivity (Wildman–Crippen MR) is 63.2 cm³/mol. The molecule has 5 heteroatoms. The Morgan fingerprint density at radius 3 is 2.69 bits per heavy atom. The van der Waals surface area contributed by atoms with Gasteiger partial charge in [0.15, 0.2) is 0 Å². The van der Waals surface area contributed by atoms with Crippen molar-refractivity contribution in [1.82, 2.24) is 0 Å². The van der Waals surface area contributed by atoms with Crippen LogP contribution in [0.5, 0.6) is 5.75 Å². The van der Waals surface area contributed by atoms with Gasteiger partial charge in [-0.2, -0.15) is 0 Å². The van der Waals surface area contributed by atoms with Gasteiger partial charge in [0.05, 0.1) is 11.9 Å². The smallest absolute Gasteiger partial charge is 0.236 e. The van der Waals surface area contributed by atoms with Crippen LogP contribution < -0.4 is 4.74 Å². The maximum absolute atomic E-state index is 10.9. The molecule has 1 aliphatic rings. The average molecular weight is 261 g/mol. The largest absolute Gasteiger partial charge is 0.490 e. The fourth-order valence-corrected chi connectivity index (χ4v) is 2.54. The lowest BCUT2D eigenvalue weighted by Gasteiger charge is -2.26. The Morgan fingerprint density at radius 2 is 2.12 bits per heavy atom.